The fourth-order valence-corrected chi connectivity index (χ4v) is 4.58. The molecule has 2 aliphatic rings. The van der Waals surface area contributed by atoms with E-state index in [1.54, 1.807) is 18.2 Å². The van der Waals surface area contributed by atoms with Gasteiger partial charge in [0.05, 0.1) is 5.56 Å². The van der Waals surface area contributed by atoms with E-state index in [4.69, 9.17) is 4.74 Å². The van der Waals surface area contributed by atoms with Crippen LogP contribution in [0.1, 0.15) is 53.2 Å². The molecule has 3 aromatic carbocycles. The molecule has 0 spiro atoms. The number of aryl methyl sites for hydroxylation is 1. The number of amides is 1. The van der Waals surface area contributed by atoms with Crippen LogP contribution < -0.4 is 5.32 Å². The number of nitrogens with one attached hydrogen (secondary N) is 1. The van der Waals surface area contributed by atoms with E-state index in [9.17, 15) is 14.7 Å². The second-order valence-electron chi connectivity index (χ2n) is 9.19. The number of hydrogen-bond acceptors (Lipinski definition) is 4. The van der Waals surface area contributed by atoms with Gasteiger partial charge < -0.3 is 15.2 Å². The first-order valence-corrected chi connectivity index (χ1v) is 11.2. The quantitative estimate of drug-likeness (QED) is 0.548. The number of benzene rings is 3. The minimum absolute atomic E-state index is 0.216. The average molecular weight is 444 g/mol. The second-order valence-corrected chi connectivity index (χ2v) is 9.19. The third kappa shape index (κ3) is 4.99. The van der Waals surface area contributed by atoms with Gasteiger partial charge in [-0.2, -0.15) is 0 Å². The van der Waals surface area contributed by atoms with Crippen LogP contribution in [0.3, 0.4) is 0 Å². The molecule has 1 fully saturated rings. The zero-order chi connectivity index (χ0) is 23.5. The summed E-state index contributed by atoms with van der Waals surface area (Å²) in [4.78, 5) is 24.3. The number of fused-ring (bicyclic) bond motifs is 1. The molecule has 0 aromatic heterocycles. The summed E-state index contributed by atoms with van der Waals surface area (Å²) in [6.45, 7) is 4.39. The first-order chi connectivity index (χ1) is 15.8. The van der Waals surface area contributed by atoms with Crippen molar-refractivity contribution in [3.8, 4) is 0 Å². The van der Waals surface area contributed by atoms with Gasteiger partial charge in [-0.3, -0.25) is 4.79 Å². The smallest absolute Gasteiger partial charge is 0.338 e. The van der Waals surface area contributed by atoms with Crippen molar-refractivity contribution >= 4 is 17.6 Å². The fourth-order valence-electron chi connectivity index (χ4n) is 4.58. The number of anilines is 1. The van der Waals surface area contributed by atoms with Crippen molar-refractivity contribution in [2.24, 2.45) is 0 Å². The van der Waals surface area contributed by atoms with Gasteiger partial charge in [0.2, 0.25) is 0 Å². The maximum atomic E-state index is 12.8. The van der Waals surface area contributed by atoms with Crippen LogP contribution in [0.4, 0.5) is 5.69 Å². The molecular formula is C28H29NO4. The number of aliphatic hydroxyl groups is 1. The molecule has 1 aliphatic heterocycles. The number of cyclic esters (lactones) is 1. The van der Waals surface area contributed by atoms with Crippen molar-refractivity contribution in [2.75, 3.05) is 5.32 Å². The van der Waals surface area contributed by atoms with E-state index in [-0.39, 0.29) is 18.0 Å². The van der Waals surface area contributed by atoms with Gasteiger partial charge >= 0.3 is 5.97 Å². The largest absolute Gasteiger partial charge is 0.457 e. The number of esters is 1. The molecule has 2 unspecified atom stereocenters. The predicted octanol–water partition coefficient (Wildman–Crippen LogP) is 5.16. The molecule has 0 radical (unpaired) electrons. The van der Waals surface area contributed by atoms with Gasteiger partial charge in [0, 0.05) is 11.3 Å². The predicted molar refractivity (Wildman–Crippen MR) is 128 cm³/mol. The lowest BCUT2D eigenvalue weighted by Crippen LogP contribution is -2.42. The highest BCUT2D eigenvalue weighted by molar-refractivity contribution is 5.99. The summed E-state index contributed by atoms with van der Waals surface area (Å²) in [5.74, 6) is -0.742. The van der Waals surface area contributed by atoms with Crippen LogP contribution in [0.15, 0.2) is 78.9 Å². The zero-order valence-corrected chi connectivity index (χ0v) is 19.0. The van der Waals surface area contributed by atoms with E-state index in [0.717, 1.165) is 17.5 Å². The first kappa shape index (κ1) is 22.7. The van der Waals surface area contributed by atoms with Crippen molar-refractivity contribution in [3.05, 3.63) is 101 Å². The molecule has 5 rings (SSSR count). The van der Waals surface area contributed by atoms with Crippen LogP contribution in [-0.4, -0.2) is 22.6 Å². The molecule has 1 aliphatic carbocycles. The van der Waals surface area contributed by atoms with Gasteiger partial charge in [-0.15, -0.1) is 0 Å². The average Bonchev–Trinajstić information content (AvgIpc) is 3.36. The Morgan fingerprint density at radius 2 is 1.64 bits per heavy atom. The molecule has 170 valence electrons. The maximum Gasteiger partial charge on any atom is 0.338 e. The second kappa shape index (κ2) is 9.20. The lowest BCUT2D eigenvalue weighted by atomic mass is 9.79. The summed E-state index contributed by atoms with van der Waals surface area (Å²) in [5.41, 5.74) is 2.66. The molecule has 2 atom stereocenters. The highest BCUT2D eigenvalue weighted by Gasteiger charge is 2.49. The zero-order valence-electron chi connectivity index (χ0n) is 19.0. The molecule has 33 heavy (non-hydrogen) atoms. The Kier molecular flexibility index (Phi) is 6.34. The van der Waals surface area contributed by atoms with Crippen molar-refractivity contribution in [1.82, 2.24) is 0 Å². The summed E-state index contributed by atoms with van der Waals surface area (Å²) >= 11 is 0. The van der Waals surface area contributed by atoms with Crippen molar-refractivity contribution < 1.29 is 19.4 Å². The molecule has 0 bridgehead atoms. The normalized spacial score (nSPS) is 23.2. The lowest BCUT2D eigenvalue weighted by molar-refractivity contribution is -0.133. The highest BCUT2D eigenvalue weighted by Crippen LogP contribution is 2.46. The van der Waals surface area contributed by atoms with Gasteiger partial charge in [-0.1, -0.05) is 73.2 Å². The lowest BCUT2D eigenvalue weighted by Gasteiger charge is -2.27. The molecule has 3 aromatic rings. The Bertz CT molecular complexity index is 1150. The van der Waals surface area contributed by atoms with E-state index in [1.807, 2.05) is 48.5 Å². The molecule has 5 heteroatoms. The monoisotopic (exact) mass is 443 g/mol. The van der Waals surface area contributed by atoms with Gasteiger partial charge in [-0.25, -0.2) is 4.79 Å². The highest BCUT2D eigenvalue weighted by atomic mass is 16.5. The van der Waals surface area contributed by atoms with Crippen molar-refractivity contribution in [3.63, 3.8) is 0 Å². The Balaban J connectivity index is 0.000000318. The van der Waals surface area contributed by atoms with Crippen LogP contribution in [0, 0.1) is 6.92 Å². The van der Waals surface area contributed by atoms with E-state index in [0.29, 0.717) is 24.1 Å². The van der Waals surface area contributed by atoms with Crippen molar-refractivity contribution in [2.45, 2.75) is 50.7 Å². The molecule has 5 nitrogen and oxygen atoms in total. The van der Waals surface area contributed by atoms with Crippen LogP contribution in [0.5, 0.6) is 0 Å². The number of carbonyl (C=O) groups is 2. The summed E-state index contributed by atoms with van der Waals surface area (Å²) in [7, 11) is 0. The fraction of sp³-hybridized carbons (Fsp3) is 0.286. The van der Waals surface area contributed by atoms with Crippen molar-refractivity contribution in [1.29, 1.82) is 0 Å². The SMILES string of the molecule is CC1(c2ccccc2)CCC(O)(C(=O)Nc2ccc3c(c2)COC3=O)C1.Cc1ccccc1. The third-order valence-corrected chi connectivity index (χ3v) is 6.55. The number of ether oxygens (including phenoxy) is 1. The van der Waals surface area contributed by atoms with Crippen LogP contribution in [-0.2, 0) is 21.6 Å². The number of rotatable bonds is 3. The Labute approximate surface area is 194 Å². The van der Waals surface area contributed by atoms with E-state index >= 15 is 0 Å². The van der Waals surface area contributed by atoms with Gasteiger partial charge in [0.25, 0.3) is 5.91 Å². The number of carbonyl (C=O) groups excluding carboxylic acids is 2. The summed E-state index contributed by atoms with van der Waals surface area (Å²) < 4.78 is 4.98. The topological polar surface area (TPSA) is 75.6 Å². The molecule has 1 heterocycles. The van der Waals surface area contributed by atoms with Crippen LogP contribution >= 0.6 is 0 Å². The Morgan fingerprint density at radius 3 is 2.27 bits per heavy atom. The summed E-state index contributed by atoms with van der Waals surface area (Å²) in [6, 6.07) is 25.3. The first-order valence-electron chi connectivity index (χ1n) is 11.2. The van der Waals surface area contributed by atoms with Crippen LogP contribution in [0.25, 0.3) is 0 Å². The summed E-state index contributed by atoms with van der Waals surface area (Å²) in [6.07, 6.45) is 1.53. The summed E-state index contributed by atoms with van der Waals surface area (Å²) in [5, 5.41) is 13.8. The molecule has 0 saturated heterocycles. The van der Waals surface area contributed by atoms with E-state index in [2.05, 4.69) is 31.3 Å². The number of hydrogen-bond donors (Lipinski definition) is 2. The molecule has 1 saturated carbocycles. The van der Waals surface area contributed by atoms with E-state index in [1.165, 1.54) is 5.56 Å². The Hall–Kier alpha value is -3.44. The van der Waals surface area contributed by atoms with E-state index < -0.39 is 11.5 Å². The minimum atomic E-state index is -1.41. The molecule has 1 amide bonds. The third-order valence-electron chi connectivity index (χ3n) is 6.55. The van der Waals surface area contributed by atoms with Gasteiger partial charge in [-0.05, 0) is 55.4 Å². The van der Waals surface area contributed by atoms with Gasteiger partial charge in [0.15, 0.2) is 0 Å². The molecular weight excluding hydrogens is 414 g/mol. The van der Waals surface area contributed by atoms with Gasteiger partial charge in [0.1, 0.15) is 12.2 Å². The molecule has 2 N–H and O–H groups in total. The van der Waals surface area contributed by atoms with Crippen LogP contribution in [0.2, 0.25) is 0 Å². The maximum absolute atomic E-state index is 12.8. The standard InChI is InChI=1S/C21H21NO4.C7H8/c1-20(15-5-3-2-4-6-15)9-10-21(25,13-20)19(24)22-16-7-8-17-14(11-16)12-26-18(17)23;1-7-5-3-2-4-6-7/h2-8,11,25H,9-10,12-13H2,1H3,(H,22,24);2-6H,1H3. The minimum Gasteiger partial charge on any atom is -0.457 e. The Morgan fingerprint density at radius 1 is 0.970 bits per heavy atom.